The van der Waals surface area contributed by atoms with Gasteiger partial charge in [0.2, 0.25) is 5.91 Å². The molecule has 0 unspecified atom stereocenters. The van der Waals surface area contributed by atoms with Crippen LogP contribution < -0.4 is 0 Å². The van der Waals surface area contributed by atoms with Crippen LogP contribution in [0, 0.1) is 17.7 Å². The highest BCUT2D eigenvalue weighted by atomic mass is 19.1. The SMILES string of the molecule is CN(Cc1ccccc1F)C(=O)[C@@H]1C[C@@H]1C(=O)O. The number of amides is 1. The number of hydrogen-bond acceptors (Lipinski definition) is 2. The Hall–Kier alpha value is -1.91. The number of carboxylic acid groups (broad SMARTS) is 1. The Morgan fingerprint density at radius 3 is 2.61 bits per heavy atom. The fourth-order valence-corrected chi connectivity index (χ4v) is 1.98. The lowest BCUT2D eigenvalue weighted by Gasteiger charge is -2.17. The summed E-state index contributed by atoms with van der Waals surface area (Å²) >= 11 is 0. The zero-order chi connectivity index (χ0) is 13.3. The molecule has 1 fully saturated rings. The molecule has 0 aliphatic heterocycles. The number of nitrogens with zero attached hydrogens (tertiary/aromatic N) is 1. The van der Waals surface area contributed by atoms with Crippen molar-refractivity contribution in [2.45, 2.75) is 13.0 Å². The van der Waals surface area contributed by atoms with Crippen LogP contribution in [0.15, 0.2) is 24.3 Å². The Kier molecular flexibility index (Phi) is 3.32. The fraction of sp³-hybridized carbons (Fsp3) is 0.385. The molecule has 1 aromatic carbocycles. The van der Waals surface area contributed by atoms with Gasteiger partial charge in [-0.1, -0.05) is 18.2 Å². The summed E-state index contributed by atoms with van der Waals surface area (Å²) in [5, 5.41) is 8.76. The average Bonchev–Trinajstić information content (AvgIpc) is 3.11. The first-order chi connectivity index (χ1) is 8.50. The molecule has 1 amide bonds. The summed E-state index contributed by atoms with van der Waals surface area (Å²) in [4.78, 5) is 23.9. The Balaban J connectivity index is 1.97. The van der Waals surface area contributed by atoms with Crippen molar-refractivity contribution in [2.24, 2.45) is 11.8 Å². The van der Waals surface area contributed by atoms with E-state index in [1.165, 1.54) is 11.0 Å². The van der Waals surface area contributed by atoms with Crippen molar-refractivity contribution in [1.82, 2.24) is 4.90 Å². The van der Waals surface area contributed by atoms with Crippen LogP contribution in [0.2, 0.25) is 0 Å². The topological polar surface area (TPSA) is 57.6 Å². The van der Waals surface area contributed by atoms with Gasteiger partial charge < -0.3 is 10.0 Å². The first kappa shape index (κ1) is 12.5. The van der Waals surface area contributed by atoms with Gasteiger partial charge in [0.15, 0.2) is 0 Å². The molecule has 0 bridgehead atoms. The van der Waals surface area contributed by atoms with Crippen LogP contribution in [-0.4, -0.2) is 28.9 Å². The number of carbonyl (C=O) groups excluding carboxylic acids is 1. The Bertz CT molecular complexity index is 489. The number of benzene rings is 1. The maximum absolute atomic E-state index is 13.4. The van der Waals surface area contributed by atoms with Gasteiger partial charge in [0, 0.05) is 19.2 Å². The molecule has 1 aromatic rings. The number of carboxylic acids is 1. The van der Waals surface area contributed by atoms with E-state index >= 15 is 0 Å². The molecule has 0 radical (unpaired) electrons. The number of aliphatic carboxylic acids is 1. The van der Waals surface area contributed by atoms with Gasteiger partial charge in [-0.25, -0.2) is 4.39 Å². The molecule has 96 valence electrons. The normalized spacial score (nSPS) is 21.4. The largest absolute Gasteiger partial charge is 0.481 e. The van der Waals surface area contributed by atoms with Crippen molar-refractivity contribution in [3.05, 3.63) is 35.6 Å². The number of hydrogen-bond donors (Lipinski definition) is 1. The molecule has 1 aliphatic carbocycles. The van der Waals surface area contributed by atoms with E-state index in [4.69, 9.17) is 5.11 Å². The van der Waals surface area contributed by atoms with E-state index in [2.05, 4.69) is 0 Å². The molecular formula is C13H14FNO3. The van der Waals surface area contributed by atoms with Crippen molar-refractivity contribution in [2.75, 3.05) is 7.05 Å². The van der Waals surface area contributed by atoms with Gasteiger partial charge in [0.1, 0.15) is 5.82 Å². The van der Waals surface area contributed by atoms with Gasteiger partial charge in [0.25, 0.3) is 0 Å². The molecule has 1 aliphatic rings. The second kappa shape index (κ2) is 4.76. The monoisotopic (exact) mass is 251 g/mol. The number of carbonyl (C=O) groups is 2. The minimum absolute atomic E-state index is 0.161. The van der Waals surface area contributed by atoms with Crippen LogP contribution in [0.25, 0.3) is 0 Å². The maximum Gasteiger partial charge on any atom is 0.307 e. The molecule has 1 N–H and O–H groups in total. The first-order valence-corrected chi connectivity index (χ1v) is 5.72. The van der Waals surface area contributed by atoms with Crippen molar-refractivity contribution in [1.29, 1.82) is 0 Å². The van der Waals surface area contributed by atoms with Crippen LogP contribution in [0.1, 0.15) is 12.0 Å². The van der Waals surface area contributed by atoms with E-state index in [-0.39, 0.29) is 18.3 Å². The highest BCUT2D eigenvalue weighted by Gasteiger charge is 2.49. The molecule has 0 spiro atoms. The molecule has 1 saturated carbocycles. The van der Waals surface area contributed by atoms with Gasteiger partial charge in [-0.2, -0.15) is 0 Å². The molecule has 5 heteroatoms. The third kappa shape index (κ3) is 2.50. The molecule has 18 heavy (non-hydrogen) atoms. The lowest BCUT2D eigenvalue weighted by atomic mass is 10.2. The minimum atomic E-state index is -0.937. The summed E-state index contributed by atoms with van der Waals surface area (Å²) in [5.74, 6) is -2.54. The minimum Gasteiger partial charge on any atom is -0.481 e. The maximum atomic E-state index is 13.4. The molecule has 0 heterocycles. The van der Waals surface area contributed by atoms with Crippen LogP contribution in [0.4, 0.5) is 4.39 Å². The van der Waals surface area contributed by atoms with Crippen LogP contribution >= 0.6 is 0 Å². The van der Waals surface area contributed by atoms with Crippen LogP contribution in [0.3, 0.4) is 0 Å². The van der Waals surface area contributed by atoms with Gasteiger partial charge in [-0.05, 0) is 12.5 Å². The smallest absolute Gasteiger partial charge is 0.307 e. The van der Waals surface area contributed by atoms with Crippen molar-refractivity contribution < 1.29 is 19.1 Å². The third-order valence-corrected chi connectivity index (χ3v) is 3.17. The summed E-state index contributed by atoms with van der Waals surface area (Å²) in [6.45, 7) is 0.161. The van der Waals surface area contributed by atoms with E-state index in [9.17, 15) is 14.0 Å². The third-order valence-electron chi connectivity index (χ3n) is 3.17. The highest BCUT2D eigenvalue weighted by molar-refractivity contribution is 5.89. The zero-order valence-electron chi connectivity index (χ0n) is 9.97. The lowest BCUT2D eigenvalue weighted by molar-refractivity contribution is -0.141. The summed E-state index contributed by atoms with van der Waals surface area (Å²) in [6, 6.07) is 6.24. The second-order valence-electron chi connectivity index (χ2n) is 4.57. The van der Waals surface area contributed by atoms with Gasteiger partial charge >= 0.3 is 5.97 Å². The summed E-state index contributed by atoms with van der Waals surface area (Å²) in [7, 11) is 1.56. The second-order valence-corrected chi connectivity index (χ2v) is 4.57. The van der Waals surface area contributed by atoms with Gasteiger partial charge in [0.05, 0.1) is 11.8 Å². The van der Waals surface area contributed by atoms with Crippen LogP contribution in [0.5, 0.6) is 0 Å². The highest BCUT2D eigenvalue weighted by Crippen LogP contribution is 2.40. The predicted octanol–water partition coefficient (Wildman–Crippen LogP) is 1.50. The van der Waals surface area contributed by atoms with E-state index in [1.807, 2.05) is 0 Å². The van der Waals surface area contributed by atoms with E-state index in [0.29, 0.717) is 12.0 Å². The fourth-order valence-electron chi connectivity index (χ4n) is 1.98. The summed E-state index contributed by atoms with van der Waals surface area (Å²) < 4.78 is 13.4. The quantitative estimate of drug-likeness (QED) is 0.882. The van der Waals surface area contributed by atoms with Gasteiger partial charge in [-0.3, -0.25) is 9.59 Å². The lowest BCUT2D eigenvalue weighted by Crippen LogP contribution is -2.29. The number of halogens is 1. The van der Waals surface area contributed by atoms with Gasteiger partial charge in [-0.15, -0.1) is 0 Å². The molecule has 4 nitrogen and oxygen atoms in total. The molecular weight excluding hydrogens is 237 g/mol. The Morgan fingerprint density at radius 2 is 2.06 bits per heavy atom. The molecule has 2 atom stereocenters. The summed E-state index contributed by atoms with van der Waals surface area (Å²) in [6.07, 6.45) is 0.385. The zero-order valence-corrected chi connectivity index (χ0v) is 9.97. The number of rotatable bonds is 4. The van der Waals surface area contributed by atoms with Crippen molar-refractivity contribution in [3.8, 4) is 0 Å². The van der Waals surface area contributed by atoms with E-state index in [1.54, 1.807) is 25.2 Å². The van der Waals surface area contributed by atoms with E-state index in [0.717, 1.165) is 0 Å². The van der Waals surface area contributed by atoms with E-state index < -0.39 is 17.8 Å². The Labute approximate surface area is 104 Å². The molecule has 0 saturated heterocycles. The summed E-state index contributed by atoms with van der Waals surface area (Å²) in [5.41, 5.74) is 0.431. The molecule has 2 rings (SSSR count). The van der Waals surface area contributed by atoms with Crippen molar-refractivity contribution >= 4 is 11.9 Å². The predicted molar refractivity (Wildman–Crippen MR) is 62.1 cm³/mol. The van der Waals surface area contributed by atoms with Crippen LogP contribution in [-0.2, 0) is 16.1 Å². The standard InChI is InChI=1S/C13H14FNO3/c1-15(7-8-4-2-3-5-11(8)14)12(16)9-6-10(9)13(17)18/h2-5,9-10H,6-7H2,1H3,(H,17,18)/t9-,10+/m1/s1. The Morgan fingerprint density at radius 1 is 1.39 bits per heavy atom. The first-order valence-electron chi connectivity index (χ1n) is 5.72. The molecule has 0 aromatic heterocycles. The van der Waals surface area contributed by atoms with Crippen molar-refractivity contribution in [3.63, 3.8) is 0 Å². The average molecular weight is 251 g/mol.